The van der Waals surface area contributed by atoms with Crippen molar-refractivity contribution < 1.29 is 4.74 Å². The first kappa shape index (κ1) is 9.53. The number of ether oxygens (including phenoxy) is 1. The van der Waals surface area contributed by atoms with Gasteiger partial charge in [0.2, 0.25) is 0 Å². The minimum Gasteiger partial charge on any atom is -0.495 e. The number of nitrogens with zero attached hydrogens (tertiary/aromatic N) is 1. The Balaban J connectivity index is 2.28. The molecule has 1 aromatic rings. The van der Waals surface area contributed by atoms with Gasteiger partial charge < -0.3 is 4.74 Å². The van der Waals surface area contributed by atoms with Gasteiger partial charge in [0.1, 0.15) is 5.75 Å². The van der Waals surface area contributed by atoms with Crippen molar-refractivity contribution in [3.8, 4) is 5.75 Å². The van der Waals surface area contributed by atoms with Gasteiger partial charge in [-0.15, -0.1) is 11.6 Å². The van der Waals surface area contributed by atoms with Crippen LogP contribution in [0, 0.1) is 0 Å². The highest BCUT2D eigenvalue weighted by Crippen LogP contribution is 2.31. The first-order chi connectivity index (χ1) is 6.79. The summed E-state index contributed by atoms with van der Waals surface area (Å²) < 4.78 is 5.12. The highest BCUT2D eigenvalue weighted by atomic mass is 35.5. The molecule has 2 rings (SSSR count). The summed E-state index contributed by atoms with van der Waals surface area (Å²) in [6.45, 7) is 0. The van der Waals surface area contributed by atoms with Gasteiger partial charge in [-0.05, 0) is 30.0 Å². The van der Waals surface area contributed by atoms with Crippen LogP contribution in [0.1, 0.15) is 18.4 Å². The number of alkyl halides is 1. The summed E-state index contributed by atoms with van der Waals surface area (Å²) in [6.07, 6.45) is 7.70. The minimum atomic E-state index is 0.177. The van der Waals surface area contributed by atoms with E-state index in [1.165, 1.54) is 5.57 Å². The molecule has 0 saturated heterocycles. The smallest absolute Gasteiger partial charge is 0.137 e. The van der Waals surface area contributed by atoms with Crippen molar-refractivity contribution in [3.63, 3.8) is 0 Å². The second-order valence-corrected chi connectivity index (χ2v) is 3.92. The van der Waals surface area contributed by atoms with E-state index in [9.17, 15) is 0 Å². The van der Waals surface area contributed by atoms with E-state index in [2.05, 4.69) is 11.1 Å². The molecule has 0 aromatic carbocycles. The van der Waals surface area contributed by atoms with E-state index in [1.807, 2.05) is 12.3 Å². The van der Waals surface area contributed by atoms with Crippen molar-refractivity contribution in [3.05, 3.63) is 30.1 Å². The highest BCUT2D eigenvalue weighted by Gasteiger charge is 2.14. The first-order valence-corrected chi connectivity index (χ1v) is 5.07. The van der Waals surface area contributed by atoms with Crippen molar-refractivity contribution >= 4 is 17.2 Å². The Morgan fingerprint density at radius 3 is 3.00 bits per heavy atom. The number of hydrogen-bond donors (Lipinski definition) is 0. The van der Waals surface area contributed by atoms with E-state index in [4.69, 9.17) is 16.3 Å². The van der Waals surface area contributed by atoms with Gasteiger partial charge >= 0.3 is 0 Å². The number of allylic oxidation sites excluding steroid dienone is 2. The molecule has 0 saturated carbocycles. The van der Waals surface area contributed by atoms with Crippen LogP contribution in [0.5, 0.6) is 5.75 Å². The molecular formula is C11H12ClNO. The Bertz CT molecular complexity index is 362. The topological polar surface area (TPSA) is 22.1 Å². The SMILES string of the molecule is COc1cncc(C2=CC(Cl)CC2)c1. The Morgan fingerprint density at radius 2 is 2.36 bits per heavy atom. The molecule has 1 heterocycles. The zero-order chi connectivity index (χ0) is 9.97. The van der Waals surface area contributed by atoms with E-state index in [-0.39, 0.29) is 5.38 Å². The summed E-state index contributed by atoms with van der Waals surface area (Å²) in [6, 6.07) is 1.99. The summed E-state index contributed by atoms with van der Waals surface area (Å²) in [7, 11) is 1.65. The minimum absolute atomic E-state index is 0.177. The molecule has 3 heteroatoms. The summed E-state index contributed by atoms with van der Waals surface area (Å²) in [5.74, 6) is 0.793. The quantitative estimate of drug-likeness (QED) is 0.699. The molecule has 0 N–H and O–H groups in total. The molecule has 1 aliphatic carbocycles. The molecule has 0 fully saturated rings. The maximum atomic E-state index is 6.00. The average Bonchev–Trinajstić information content (AvgIpc) is 2.65. The zero-order valence-electron chi connectivity index (χ0n) is 8.03. The number of pyridine rings is 1. The molecular weight excluding hydrogens is 198 g/mol. The summed E-state index contributed by atoms with van der Waals surface area (Å²) in [5, 5.41) is 0.177. The second kappa shape index (κ2) is 4.01. The Labute approximate surface area is 88.6 Å². The van der Waals surface area contributed by atoms with Crippen LogP contribution in [-0.4, -0.2) is 17.5 Å². The van der Waals surface area contributed by atoms with E-state index >= 15 is 0 Å². The van der Waals surface area contributed by atoms with Crippen molar-refractivity contribution in [2.45, 2.75) is 18.2 Å². The molecule has 0 spiro atoms. The van der Waals surface area contributed by atoms with Gasteiger partial charge in [0.05, 0.1) is 18.7 Å². The predicted molar refractivity (Wildman–Crippen MR) is 57.6 cm³/mol. The van der Waals surface area contributed by atoms with Gasteiger partial charge in [0.15, 0.2) is 0 Å². The first-order valence-electron chi connectivity index (χ1n) is 4.64. The van der Waals surface area contributed by atoms with Gasteiger partial charge in [-0.2, -0.15) is 0 Å². The lowest BCUT2D eigenvalue weighted by Crippen LogP contribution is -1.87. The lowest BCUT2D eigenvalue weighted by molar-refractivity contribution is 0.412. The third-order valence-corrected chi connectivity index (χ3v) is 2.74. The molecule has 1 unspecified atom stereocenters. The second-order valence-electron chi connectivity index (χ2n) is 3.36. The fourth-order valence-electron chi connectivity index (χ4n) is 1.62. The molecule has 0 radical (unpaired) electrons. The van der Waals surface area contributed by atoms with E-state index < -0.39 is 0 Å². The number of rotatable bonds is 2. The summed E-state index contributed by atoms with van der Waals surface area (Å²) in [5.41, 5.74) is 2.39. The van der Waals surface area contributed by atoms with E-state index in [0.717, 1.165) is 24.2 Å². The van der Waals surface area contributed by atoms with Crippen molar-refractivity contribution in [2.75, 3.05) is 7.11 Å². The van der Waals surface area contributed by atoms with Gasteiger partial charge in [-0.3, -0.25) is 4.98 Å². The van der Waals surface area contributed by atoms with Crippen LogP contribution in [0.25, 0.3) is 5.57 Å². The van der Waals surface area contributed by atoms with Gasteiger partial charge in [0.25, 0.3) is 0 Å². The third-order valence-electron chi connectivity index (χ3n) is 2.39. The summed E-state index contributed by atoms with van der Waals surface area (Å²) in [4.78, 5) is 4.12. The fourth-order valence-corrected chi connectivity index (χ4v) is 1.89. The Kier molecular flexibility index (Phi) is 2.73. The molecule has 1 aliphatic rings. The lowest BCUT2D eigenvalue weighted by atomic mass is 10.1. The van der Waals surface area contributed by atoms with E-state index in [0.29, 0.717) is 0 Å². The van der Waals surface area contributed by atoms with E-state index in [1.54, 1.807) is 13.3 Å². The lowest BCUT2D eigenvalue weighted by Gasteiger charge is -2.03. The standard InChI is InChI=1S/C11H12ClNO/c1-14-11-5-9(6-13-7-11)8-2-3-10(12)4-8/h4-7,10H,2-3H2,1H3. The Morgan fingerprint density at radius 1 is 1.50 bits per heavy atom. The Hall–Kier alpha value is -1.02. The molecule has 0 amide bonds. The molecule has 1 atom stereocenters. The largest absolute Gasteiger partial charge is 0.495 e. The molecule has 2 nitrogen and oxygen atoms in total. The van der Waals surface area contributed by atoms with Crippen molar-refractivity contribution in [1.82, 2.24) is 4.98 Å². The molecule has 0 aliphatic heterocycles. The van der Waals surface area contributed by atoms with Crippen LogP contribution in [0.2, 0.25) is 0 Å². The van der Waals surface area contributed by atoms with Crippen LogP contribution in [0.15, 0.2) is 24.5 Å². The van der Waals surface area contributed by atoms with Crippen LogP contribution < -0.4 is 4.74 Å². The number of hydrogen-bond acceptors (Lipinski definition) is 2. The summed E-state index contributed by atoms with van der Waals surface area (Å²) >= 11 is 6.00. The van der Waals surface area contributed by atoms with Gasteiger partial charge in [-0.25, -0.2) is 0 Å². The maximum Gasteiger partial charge on any atom is 0.137 e. The van der Waals surface area contributed by atoms with Crippen molar-refractivity contribution in [1.29, 1.82) is 0 Å². The van der Waals surface area contributed by atoms with Gasteiger partial charge in [0, 0.05) is 6.20 Å². The molecule has 74 valence electrons. The maximum absolute atomic E-state index is 6.00. The fraction of sp³-hybridized carbons (Fsp3) is 0.364. The predicted octanol–water partition coefficient (Wildman–Crippen LogP) is 2.87. The normalized spacial score (nSPS) is 20.7. The monoisotopic (exact) mass is 209 g/mol. The van der Waals surface area contributed by atoms with Gasteiger partial charge in [-0.1, -0.05) is 6.08 Å². The van der Waals surface area contributed by atoms with Crippen molar-refractivity contribution in [2.24, 2.45) is 0 Å². The molecule has 1 aromatic heterocycles. The van der Waals surface area contributed by atoms with Crippen LogP contribution >= 0.6 is 11.6 Å². The van der Waals surface area contributed by atoms with Crippen LogP contribution in [0.3, 0.4) is 0 Å². The third kappa shape index (κ3) is 1.90. The number of methoxy groups -OCH3 is 1. The number of halogens is 1. The van der Waals surface area contributed by atoms with Crippen LogP contribution in [-0.2, 0) is 0 Å². The zero-order valence-corrected chi connectivity index (χ0v) is 8.79. The number of aromatic nitrogens is 1. The molecule has 0 bridgehead atoms. The highest BCUT2D eigenvalue weighted by molar-refractivity contribution is 6.22. The molecule has 14 heavy (non-hydrogen) atoms. The van der Waals surface area contributed by atoms with Crippen LogP contribution in [0.4, 0.5) is 0 Å². The average molecular weight is 210 g/mol.